The highest BCUT2D eigenvalue weighted by Crippen LogP contribution is 2.24. The molecule has 0 aliphatic carbocycles. The summed E-state index contributed by atoms with van der Waals surface area (Å²) in [6, 6.07) is 12.0. The standard InChI is InChI=1S/C18H14F2N4O/c1-11(25)12-4-2-5-13(8-12)23-16-9-17(22-10-21-16)24-18-14(19)6-3-7-15(18)20/h2-10H,1H3,(H2,21,22,23,24). The quantitative estimate of drug-likeness (QED) is 0.672. The molecule has 0 fully saturated rings. The molecule has 126 valence electrons. The van der Waals surface area contributed by atoms with E-state index < -0.39 is 11.6 Å². The Hall–Kier alpha value is -3.35. The molecule has 0 aliphatic heterocycles. The number of halogens is 2. The van der Waals surface area contributed by atoms with E-state index in [0.29, 0.717) is 17.1 Å². The molecule has 1 aromatic heterocycles. The summed E-state index contributed by atoms with van der Waals surface area (Å²) in [6.45, 7) is 1.48. The minimum atomic E-state index is -0.720. The molecule has 0 atom stereocenters. The first-order chi connectivity index (χ1) is 12.0. The second kappa shape index (κ2) is 7.04. The predicted molar refractivity (Wildman–Crippen MR) is 91.4 cm³/mol. The number of hydrogen-bond acceptors (Lipinski definition) is 5. The molecule has 3 rings (SSSR count). The van der Waals surface area contributed by atoms with Gasteiger partial charge in [0, 0.05) is 17.3 Å². The second-order valence-electron chi connectivity index (χ2n) is 5.27. The van der Waals surface area contributed by atoms with E-state index in [1.807, 2.05) is 0 Å². The first-order valence-corrected chi connectivity index (χ1v) is 7.44. The van der Waals surface area contributed by atoms with Crippen molar-refractivity contribution in [3.05, 3.63) is 72.1 Å². The van der Waals surface area contributed by atoms with E-state index in [1.54, 1.807) is 24.3 Å². The summed E-state index contributed by atoms with van der Waals surface area (Å²) in [6.07, 6.45) is 1.26. The van der Waals surface area contributed by atoms with Crippen molar-refractivity contribution < 1.29 is 13.6 Å². The number of hydrogen-bond donors (Lipinski definition) is 2. The number of anilines is 4. The number of ketones is 1. The van der Waals surface area contributed by atoms with Gasteiger partial charge in [0.25, 0.3) is 0 Å². The van der Waals surface area contributed by atoms with E-state index >= 15 is 0 Å². The van der Waals surface area contributed by atoms with Crippen LogP contribution in [0.4, 0.5) is 31.8 Å². The van der Waals surface area contributed by atoms with Crippen LogP contribution >= 0.6 is 0 Å². The SMILES string of the molecule is CC(=O)c1cccc(Nc2cc(Nc3c(F)cccc3F)ncn2)c1. The molecule has 0 aliphatic rings. The summed E-state index contributed by atoms with van der Waals surface area (Å²) in [4.78, 5) is 19.5. The highest BCUT2D eigenvalue weighted by atomic mass is 19.1. The minimum Gasteiger partial charge on any atom is -0.340 e. The van der Waals surface area contributed by atoms with Crippen molar-refractivity contribution in [1.82, 2.24) is 9.97 Å². The third-order valence-corrected chi connectivity index (χ3v) is 3.42. The molecule has 0 spiro atoms. The van der Waals surface area contributed by atoms with Crippen LogP contribution in [0.2, 0.25) is 0 Å². The average Bonchev–Trinajstić information content (AvgIpc) is 2.59. The fourth-order valence-corrected chi connectivity index (χ4v) is 2.20. The molecule has 0 unspecified atom stereocenters. The van der Waals surface area contributed by atoms with E-state index in [-0.39, 0.29) is 17.3 Å². The fraction of sp³-hybridized carbons (Fsp3) is 0.0556. The Morgan fingerprint density at radius 1 is 0.920 bits per heavy atom. The topological polar surface area (TPSA) is 66.9 Å². The van der Waals surface area contributed by atoms with Gasteiger partial charge in [0.2, 0.25) is 0 Å². The van der Waals surface area contributed by atoms with Crippen molar-refractivity contribution in [3.8, 4) is 0 Å². The zero-order chi connectivity index (χ0) is 17.8. The van der Waals surface area contributed by atoms with Crippen LogP contribution in [-0.2, 0) is 0 Å². The third-order valence-electron chi connectivity index (χ3n) is 3.42. The second-order valence-corrected chi connectivity index (χ2v) is 5.27. The number of carbonyl (C=O) groups excluding carboxylic acids is 1. The first kappa shape index (κ1) is 16.5. The Bertz CT molecular complexity index is 910. The normalized spacial score (nSPS) is 10.4. The average molecular weight is 340 g/mol. The largest absolute Gasteiger partial charge is 0.340 e. The van der Waals surface area contributed by atoms with Gasteiger partial charge in [-0.25, -0.2) is 18.7 Å². The van der Waals surface area contributed by atoms with Crippen LogP contribution in [0.25, 0.3) is 0 Å². The third kappa shape index (κ3) is 3.95. The molecule has 2 N–H and O–H groups in total. The van der Waals surface area contributed by atoms with Crippen LogP contribution in [-0.4, -0.2) is 15.8 Å². The molecule has 0 saturated carbocycles. The van der Waals surface area contributed by atoms with Crippen LogP contribution in [0.5, 0.6) is 0 Å². The smallest absolute Gasteiger partial charge is 0.159 e. The minimum absolute atomic E-state index is 0.0521. The maximum absolute atomic E-state index is 13.7. The summed E-state index contributed by atoms with van der Waals surface area (Å²) in [5, 5.41) is 5.62. The Kier molecular flexibility index (Phi) is 4.65. The molecule has 0 amide bonds. The van der Waals surface area contributed by atoms with Gasteiger partial charge in [-0.2, -0.15) is 0 Å². The molecular formula is C18H14F2N4O. The van der Waals surface area contributed by atoms with Crippen molar-refractivity contribution >= 4 is 28.8 Å². The Balaban J connectivity index is 1.82. The van der Waals surface area contributed by atoms with Gasteiger partial charge in [-0.05, 0) is 31.2 Å². The summed E-state index contributed by atoms with van der Waals surface area (Å²) < 4.78 is 27.4. The van der Waals surface area contributed by atoms with Crippen molar-refractivity contribution in [1.29, 1.82) is 0 Å². The molecule has 2 aromatic carbocycles. The van der Waals surface area contributed by atoms with E-state index in [4.69, 9.17) is 0 Å². The molecular weight excluding hydrogens is 326 g/mol. The molecule has 25 heavy (non-hydrogen) atoms. The molecule has 5 nitrogen and oxygen atoms in total. The number of aromatic nitrogens is 2. The number of nitrogens with zero attached hydrogens (tertiary/aromatic N) is 2. The Labute approximate surface area is 142 Å². The van der Waals surface area contributed by atoms with Gasteiger partial charge in [0.05, 0.1) is 0 Å². The fourth-order valence-electron chi connectivity index (χ4n) is 2.20. The monoisotopic (exact) mass is 340 g/mol. The molecule has 7 heteroatoms. The van der Waals surface area contributed by atoms with Gasteiger partial charge in [0.15, 0.2) is 5.78 Å². The molecule has 3 aromatic rings. The molecule has 1 heterocycles. The van der Waals surface area contributed by atoms with Gasteiger partial charge >= 0.3 is 0 Å². The summed E-state index contributed by atoms with van der Waals surface area (Å²) in [7, 11) is 0. The van der Waals surface area contributed by atoms with Crippen LogP contribution in [0.3, 0.4) is 0 Å². The Morgan fingerprint density at radius 2 is 1.56 bits per heavy atom. The van der Waals surface area contributed by atoms with Crippen LogP contribution in [0.15, 0.2) is 54.9 Å². The lowest BCUT2D eigenvalue weighted by atomic mass is 10.1. The lowest BCUT2D eigenvalue weighted by Crippen LogP contribution is -2.02. The van der Waals surface area contributed by atoms with Crippen LogP contribution in [0.1, 0.15) is 17.3 Å². The molecule has 0 bridgehead atoms. The van der Waals surface area contributed by atoms with Crippen LogP contribution < -0.4 is 10.6 Å². The predicted octanol–water partition coefficient (Wildman–Crippen LogP) is 4.44. The zero-order valence-electron chi connectivity index (χ0n) is 13.3. The zero-order valence-corrected chi connectivity index (χ0v) is 13.3. The maximum atomic E-state index is 13.7. The van der Waals surface area contributed by atoms with Gasteiger partial charge in [-0.15, -0.1) is 0 Å². The highest BCUT2D eigenvalue weighted by molar-refractivity contribution is 5.95. The van der Waals surface area contributed by atoms with Gasteiger partial charge in [0.1, 0.15) is 35.3 Å². The lowest BCUT2D eigenvalue weighted by Gasteiger charge is -2.10. The van der Waals surface area contributed by atoms with Gasteiger partial charge in [-0.3, -0.25) is 4.79 Å². The lowest BCUT2D eigenvalue weighted by molar-refractivity contribution is 0.101. The summed E-state index contributed by atoms with van der Waals surface area (Å²) >= 11 is 0. The van der Waals surface area contributed by atoms with Crippen molar-refractivity contribution in [2.45, 2.75) is 6.92 Å². The van der Waals surface area contributed by atoms with E-state index in [9.17, 15) is 13.6 Å². The van der Waals surface area contributed by atoms with Crippen LogP contribution in [0, 0.1) is 11.6 Å². The van der Waals surface area contributed by atoms with E-state index in [2.05, 4.69) is 20.6 Å². The number of benzene rings is 2. The van der Waals surface area contributed by atoms with Crippen molar-refractivity contribution in [3.63, 3.8) is 0 Å². The van der Waals surface area contributed by atoms with Gasteiger partial charge in [-0.1, -0.05) is 18.2 Å². The summed E-state index contributed by atoms with van der Waals surface area (Å²) in [5.41, 5.74) is 0.936. The number of rotatable bonds is 5. The number of para-hydroxylation sites is 1. The number of nitrogens with one attached hydrogen (secondary N) is 2. The maximum Gasteiger partial charge on any atom is 0.159 e. The molecule has 0 saturated heterocycles. The van der Waals surface area contributed by atoms with Crippen molar-refractivity contribution in [2.75, 3.05) is 10.6 Å². The first-order valence-electron chi connectivity index (χ1n) is 7.44. The molecule has 0 radical (unpaired) electrons. The highest BCUT2D eigenvalue weighted by Gasteiger charge is 2.10. The van der Waals surface area contributed by atoms with E-state index in [1.165, 1.54) is 25.4 Å². The summed E-state index contributed by atoms with van der Waals surface area (Å²) in [5.74, 6) is -0.854. The Morgan fingerprint density at radius 3 is 2.24 bits per heavy atom. The number of Topliss-reactive ketones (excluding diaryl/α,β-unsaturated/α-hetero) is 1. The number of carbonyl (C=O) groups is 1. The van der Waals surface area contributed by atoms with E-state index in [0.717, 1.165) is 12.1 Å². The van der Waals surface area contributed by atoms with Gasteiger partial charge < -0.3 is 10.6 Å². The van der Waals surface area contributed by atoms with Crippen molar-refractivity contribution in [2.24, 2.45) is 0 Å².